The van der Waals surface area contributed by atoms with Crippen molar-refractivity contribution in [3.63, 3.8) is 0 Å². The van der Waals surface area contributed by atoms with Crippen LogP contribution in [0.25, 0.3) is 0 Å². The summed E-state index contributed by atoms with van der Waals surface area (Å²) in [4.78, 5) is 0. The van der Waals surface area contributed by atoms with Gasteiger partial charge in [-0.3, -0.25) is 5.43 Å². The van der Waals surface area contributed by atoms with Crippen LogP contribution in [-0.2, 0) is 6.18 Å². The smallest absolute Gasteiger partial charge is 0.278 e. The van der Waals surface area contributed by atoms with Gasteiger partial charge in [-0.1, -0.05) is 24.1 Å². The first-order chi connectivity index (χ1) is 10.1. The average molecular weight is 288 g/mol. The molecule has 0 amide bonds. The van der Waals surface area contributed by atoms with Crippen LogP contribution in [-0.4, -0.2) is 6.21 Å². The number of nitrogens with zero attached hydrogens (tertiary/aromatic N) is 1. The van der Waals surface area contributed by atoms with Gasteiger partial charge in [-0.25, -0.2) is 0 Å². The lowest BCUT2D eigenvalue weighted by atomic mass is 10.2. The summed E-state index contributed by atoms with van der Waals surface area (Å²) in [7, 11) is 0. The van der Waals surface area contributed by atoms with Crippen molar-refractivity contribution in [1.82, 2.24) is 0 Å². The van der Waals surface area contributed by atoms with E-state index < -0.39 is 11.7 Å². The Bertz CT molecular complexity index is 663. The van der Waals surface area contributed by atoms with E-state index in [1.807, 2.05) is 30.3 Å². The molecule has 0 bridgehead atoms. The van der Waals surface area contributed by atoms with Gasteiger partial charge < -0.3 is 0 Å². The van der Waals surface area contributed by atoms with Crippen molar-refractivity contribution in [1.29, 1.82) is 0 Å². The Morgan fingerprint density at radius 3 is 2.24 bits per heavy atom. The van der Waals surface area contributed by atoms with Crippen molar-refractivity contribution in [2.24, 2.45) is 5.10 Å². The molecule has 2 aromatic carbocycles. The monoisotopic (exact) mass is 288 g/mol. The number of hydrazone groups is 1. The molecule has 0 fully saturated rings. The molecule has 0 aliphatic carbocycles. The molecule has 0 aliphatic heterocycles. The summed E-state index contributed by atoms with van der Waals surface area (Å²) in [6.07, 6.45) is -2.98. The fourth-order valence-corrected chi connectivity index (χ4v) is 1.51. The van der Waals surface area contributed by atoms with Gasteiger partial charge in [-0.15, -0.1) is 0 Å². The number of anilines is 1. The lowest BCUT2D eigenvalue weighted by Crippen LogP contribution is -2.04. The number of halogens is 3. The maximum absolute atomic E-state index is 12.4. The second-order valence-corrected chi connectivity index (χ2v) is 4.08. The summed E-state index contributed by atoms with van der Waals surface area (Å²) < 4.78 is 37.1. The van der Waals surface area contributed by atoms with Gasteiger partial charge in [0.15, 0.2) is 0 Å². The summed E-state index contributed by atoms with van der Waals surface area (Å²) in [5.41, 5.74) is 3.23. The third kappa shape index (κ3) is 4.69. The van der Waals surface area contributed by atoms with Crippen LogP contribution in [0.3, 0.4) is 0 Å². The first-order valence-electron chi connectivity index (χ1n) is 6.07. The summed E-state index contributed by atoms with van der Waals surface area (Å²) in [5.74, 6) is 5.60. The standard InChI is InChI=1S/C16H11F3N2/c17-16(18,19)14-8-10-15(11-9-14)21-20-12-4-7-13-5-2-1-3-6-13/h1-3,5-6,8-12,21H/b20-12+. The van der Waals surface area contributed by atoms with Crippen LogP contribution in [0.15, 0.2) is 59.7 Å². The largest absolute Gasteiger partial charge is 0.416 e. The minimum atomic E-state index is -4.33. The van der Waals surface area contributed by atoms with Gasteiger partial charge >= 0.3 is 6.18 Å². The first kappa shape index (κ1) is 14.7. The molecule has 0 unspecified atom stereocenters. The Kier molecular flexibility index (Phi) is 4.62. The highest BCUT2D eigenvalue weighted by Gasteiger charge is 2.29. The highest BCUT2D eigenvalue weighted by Crippen LogP contribution is 2.29. The lowest BCUT2D eigenvalue weighted by molar-refractivity contribution is -0.137. The Hall–Kier alpha value is -2.74. The SMILES string of the molecule is FC(F)(F)c1ccc(N/N=C/C#Cc2ccccc2)cc1. The highest BCUT2D eigenvalue weighted by atomic mass is 19.4. The van der Waals surface area contributed by atoms with Gasteiger partial charge in [-0.2, -0.15) is 18.3 Å². The van der Waals surface area contributed by atoms with Crippen molar-refractivity contribution in [2.75, 3.05) is 5.43 Å². The molecule has 0 aromatic heterocycles. The molecule has 0 radical (unpaired) electrons. The van der Waals surface area contributed by atoms with Gasteiger partial charge in [0.25, 0.3) is 0 Å². The van der Waals surface area contributed by atoms with Gasteiger partial charge in [0.1, 0.15) is 0 Å². The molecular formula is C16H11F3N2. The third-order valence-electron chi connectivity index (χ3n) is 2.53. The van der Waals surface area contributed by atoms with Crippen LogP contribution < -0.4 is 5.43 Å². The molecule has 0 spiro atoms. The fourth-order valence-electron chi connectivity index (χ4n) is 1.51. The maximum Gasteiger partial charge on any atom is 0.416 e. The van der Waals surface area contributed by atoms with Crippen molar-refractivity contribution in [3.05, 3.63) is 65.7 Å². The molecule has 0 saturated carbocycles. The number of hydrogen-bond acceptors (Lipinski definition) is 2. The van der Waals surface area contributed by atoms with Crippen LogP contribution in [0.2, 0.25) is 0 Å². The quantitative estimate of drug-likeness (QED) is 0.501. The molecule has 2 rings (SSSR count). The number of benzene rings is 2. The molecule has 21 heavy (non-hydrogen) atoms. The second-order valence-electron chi connectivity index (χ2n) is 4.08. The topological polar surface area (TPSA) is 24.4 Å². The minimum Gasteiger partial charge on any atom is -0.278 e. The van der Waals surface area contributed by atoms with E-state index in [0.29, 0.717) is 5.69 Å². The van der Waals surface area contributed by atoms with Crippen LogP contribution in [0.1, 0.15) is 11.1 Å². The maximum atomic E-state index is 12.4. The summed E-state index contributed by atoms with van der Waals surface area (Å²) in [6, 6.07) is 14.0. The van der Waals surface area contributed by atoms with Gasteiger partial charge in [0.2, 0.25) is 0 Å². The van der Waals surface area contributed by atoms with E-state index >= 15 is 0 Å². The van der Waals surface area contributed by atoms with Crippen LogP contribution in [0.4, 0.5) is 18.9 Å². The Balaban J connectivity index is 1.92. The second kappa shape index (κ2) is 6.62. The molecule has 2 aromatic rings. The Morgan fingerprint density at radius 1 is 0.952 bits per heavy atom. The Morgan fingerprint density at radius 2 is 1.62 bits per heavy atom. The van der Waals surface area contributed by atoms with E-state index in [1.165, 1.54) is 18.3 Å². The fraction of sp³-hybridized carbons (Fsp3) is 0.0625. The van der Waals surface area contributed by atoms with Crippen LogP contribution >= 0.6 is 0 Å². The van der Waals surface area contributed by atoms with E-state index in [0.717, 1.165) is 17.7 Å². The molecule has 0 aliphatic rings. The predicted molar refractivity (Wildman–Crippen MR) is 76.9 cm³/mol. The van der Waals surface area contributed by atoms with E-state index in [9.17, 15) is 13.2 Å². The van der Waals surface area contributed by atoms with Crippen LogP contribution in [0.5, 0.6) is 0 Å². The van der Waals surface area contributed by atoms with Crippen molar-refractivity contribution < 1.29 is 13.2 Å². The zero-order chi connectivity index (χ0) is 15.1. The van der Waals surface area contributed by atoms with E-state index in [4.69, 9.17) is 0 Å². The number of hydrogen-bond donors (Lipinski definition) is 1. The molecule has 5 heteroatoms. The molecular weight excluding hydrogens is 277 g/mol. The van der Waals surface area contributed by atoms with Crippen LogP contribution in [0, 0.1) is 11.8 Å². The number of alkyl halides is 3. The van der Waals surface area contributed by atoms with Gasteiger partial charge in [-0.05, 0) is 42.3 Å². The highest BCUT2D eigenvalue weighted by molar-refractivity contribution is 5.79. The molecule has 0 saturated heterocycles. The van der Waals surface area contributed by atoms with Gasteiger partial charge in [0.05, 0.1) is 17.5 Å². The summed E-state index contributed by atoms with van der Waals surface area (Å²) in [5, 5.41) is 3.82. The van der Waals surface area contributed by atoms with Crippen molar-refractivity contribution in [2.45, 2.75) is 6.18 Å². The van der Waals surface area contributed by atoms with Crippen molar-refractivity contribution >= 4 is 11.9 Å². The molecule has 2 nitrogen and oxygen atoms in total. The Labute approximate surface area is 120 Å². The molecule has 1 N–H and O–H groups in total. The van der Waals surface area contributed by atoms with Gasteiger partial charge in [0, 0.05) is 5.56 Å². The van der Waals surface area contributed by atoms with E-state index in [-0.39, 0.29) is 0 Å². The molecule has 0 heterocycles. The van der Waals surface area contributed by atoms with E-state index in [1.54, 1.807) is 0 Å². The minimum absolute atomic E-state index is 0.459. The summed E-state index contributed by atoms with van der Waals surface area (Å²) in [6.45, 7) is 0. The lowest BCUT2D eigenvalue weighted by Gasteiger charge is -2.06. The third-order valence-corrected chi connectivity index (χ3v) is 2.53. The summed E-state index contributed by atoms with van der Waals surface area (Å²) >= 11 is 0. The van der Waals surface area contributed by atoms with Crippen molar-refractivity contribution in [3.8, 4) is 11.8 Å². The number of nitrogens with one attached hydrogen (secondary N) is 1. The molecule has 106 valence electrons. The zero-order valence-electron chi connectivity index (χ0n) is 10.9. The zero-order valence-corrected chi connectivity index (χ0v) is 10.9. The first-order valence-corrected chi connectivity index (χ1v) is 6.07. The average Bonchev–Trinajstić information content (AvgIpc) is 2.47. The van der Waals surface area contributed by atoms with E-state index in [2.05, 4.69) is 22.4 Å². The number of rotatable bonds is 2. The molecule has 0 atom stereocenters. The normalized spacial score (nSPS) is 11.0. The predicted octanol–water partition coefficient (Wildman–Crippen LogP) is 4.15.